The Balaban J connectivity index is 1.96. The lowest BCUT2D eigenvalue weighted by molar-refractivity contribution is 0.960. The van der Waals surface area contributed by atoms with E-state index in [1.54, 1.807) is 0 Å². The number of fused-ring (bicyclic) bond motifs is 1. The second-order valence-electron chi connectivity index (χ2n) is 4.17. The van der Waals surface area contributed by atoms with E-state index in [4.69, 9.17) is 0 Å². The molecular formula is C13H13N5. The van der Waals surface area contributed by atoms with Crippen LogP contribution in [0.15, 0.2) is 36.5 Å². The molecule has 0 saturated heterocycles. The van der Waals surface area contributed by atoms with Gasteiger partial charge < -0.3 is 5.32 Å². The van der Waals surface area contributed by atoms with Crippen LogP contribution in [0, 0.1) is 13.8 Å². The monoisotopic (exact) mass is 239 g/mol. The number of rotatable bonds is 2. The van der Waals surface area contributed by atoms with Gasteiger partial charge in [-0.15, -0.1) is 0 Å². The van der Waals surface area contributed by atoms with Crippen LogP contribution in [0.3, 0.4) is 0 Å². The Morgan fingerprint density at radius 3 is 2.72 bits per heavy atom. The number of anilines is 2. The van der Waals surface area contributed by atoms with Crippen LogP contribution >= 0.6 is 0 Å². The number of pyridine rings is 1. The molecule has 5 heteroatoms. The van der Waals surface area contributed by atoms with Gasteiger partial charge in [-0.05, 0) is 26.0 Å². The maximum absolute atomic E-state index is 4.41. The Hall–Kier alpha value is -2.43. The molecule has 0 saturated carbocycles. The summed E-state index contributed by atoms with van der Waals surface area (Å²) in [6.45, 7) is 3.82. The molecule has 0 aliphatic carbocycles. The second-order valence-corrected chi connectivity index (χ2v) is 4.17. The Kier molecular flexibility index (Phi) is 2.44. The number of nitrogens with one attached hydrogen (secondary N) is 1. The molecule has 3 aromatic rings. The molecule has 0 aliphatic heterocycles. The van der Waals surface area contributed by atoms with Gasteiger partial charge in [0.15, 0.2) is 5.82 Å². The van der Waals surface area contributed by atoms with Crippen molar-refractivity contribution in [2.24, 2.45) is 0 Å². The van der Waals surface area contributed by atoms with E-state index >= 15 is 0 Å². The van der Waals surface area contributed by atoms with E-state index in [1.807, 2.05) is 54.9 Å². The fraction of sp³-hybridized carbons (Fsp3) is 0.154. The van der Waals surface area contributed by atoms with Crippen LogP contribution < -0.4 is 5.32 Å². The quantitative estimate of drug-likeness (QED) is 0.746. The minimum atomic E-state index is 0.751. The lowest BCUT2D eigenvalue weighted by Crippen LogP contribution is -1.99. The number of aryl methyl sites for hydroxylation is 2. The highest BCUT2D eigenvalue weighted by Gasteiger charge is 2.03. The van der Waals surface area contributed by atoms with Gasteiger partial charge in [-0.25, -0.2) is 14.5 Å². The molecule has 0 unspecified atom stereocenters. The van der Waals surface area contributed by atoms with Crippen LogP contribution in [-0.2, 0) is 0 Å². The Morgan fingerprint density at radius 2 is 1.94 bits per heavy atom. The fourth-order valence-corrected chi connectivity index (χ4v) is 1.91. The molecule has 3 rings (SSSR count). The van der Waals surface area contributed by atoms with Crippen LogP contribution in [-0.4, -0.2) is 19.6 Å². The summed E-state index contributed by atoms with van der Waals surface area (Å²) in [7, 11) is 0. The smallest absolute Gasteiger partial charge is 0.154 e. The summed E-state index contributed by atoms with van der Waals surface area (Å²) in [6.07, 6.45) is 1.91. The van der Waals surface area contributed by atoms with Crippen LogP contribution in [0.2, 0.25) is 0 Å². The van der Waals surface area contributed by atoms with Crippen molar-refractivity contribution in [2.75, 3.05) is 5.32 Å². The number of hydrogen-bond donors (Lipinski definition) is 1. The first-order valence-electron chi connectivity index (χ1n) is 5.74. The van der Waals surface area contributed by atoms with Gasteiger partial charge in [0.2, 0.25) is 0 Å². The van der Waals surface area contributed by atoms with E-state index < -0.39 is 0 Å². The SMILES string of the molecule is Cc1cc(Nc2cc3ccccn3n2)nc(C)n1. The molecule has 1 N–H and O–H groups in total. The van der Waals surface area contributed by atoms with Crippen molar-refractivity contribution in [3.8, 4) is 0 Å². The standard InChI is InChI=1S/C13H13N5/c1-9-7-12(15-10(2)14-9)16-13-8-11-5-3-4-6-18(11)17-13/h3-8H,1-2H3,(H,14,15,16,17). The highest BCUT2D eigenvalue weighted by Crippen LogP contribution is 2.15. The summed E-state index contributed by atoms with van der Waals surface area (Å²) in [5.41, 5.74) is 1.98. The maximum atomic E-state index is 4.41. The van der Waals surface area contributed by atoms with Gasteiger partial charge in [0, 0.05) is 24.0 Å². The lowest BCUT2D eigenvalue weighted by Gasteiger charge is -2.03. The summed E-state index contributed by atoms with van der Waals surface area (Å²) >= 11 is 0. The van der Waals surface area contributed by atoms with Crippen LogP contribution in [0.1, 0.15) is 11.5 Å². The number of nitrogens with zero attached hydrogens (tertiary/aromatic N) is 4. The molecule has 0 spiro atoms. The zero-order chi connectivity index (χ0) is 12.5. The highest BCUT2D eigenvalue weighted by molar-refractivity contribution is 5.60. The van der Waals surface area contributed by atoms with Gasteiger partial charge in [-0.3, -0.25) is 0 Å². The van der Waals surface area contributed by atoms with Crippen molar-refractivity contribution in [2.45, 2.75) is 13.8 Å². The van der Waals surface area contributed by atoms with Crippen molar-refractivity contribution in [3.05, 3.63) is 48.0 Å². The normalized spacial score (nSPS) is 10.8. The molecule has 3 heterocycles. The third-order valence-corrected chi connectivity index (χ3v) is 2.59. The van der Waals surface area contributed by atoms with Crippen molar-refractivity contribution in [3.63, 3.8) is 0 Å². The molecule has 3 aromatic heterocycles. The summed E-state index contributed by atoms with van der Waals surface area (Å²) < 4.78 is 1.82. The Bertz CT molecular complexity index is 648. The van der Waals surface area contributed by atoms with Crippen molar-refractivity contribution < 1.29 is 0 Å². The molecular weight excluding hydrogens is 226 g/mol. The van der Waals surface area contributed by atoms with Crippen molar-refractivity contribution in [1.82, 2.24) is 19.6 Å². The summed E-state index contributed by atoms with van der Waals surface area (Å²) in [5, 5.41) is 7.60. The van der Waals surface area contributed by atoms with Crippen LogP contribution in [0.5, 0.6) is 0 Å². The second kappa shape index (κ2) is 4.10. The minimum absolute atomic E-state index is 0.751. The Labute approximate surface area is 105 Å². The van der Waals surface area contributed by atoms with Crippen LogP contribution in [0.25, 0.3) is 5.52 Å². The maximum Gasteiger partial charge on any atom is 0.154 e. The summed E-state index contributed by atoms with van der Waals surface area (Å²) in [4.78, 5) is 8.57. The Morgan fingerprint density at radius 1 is 1.06 bits per heavy atom. The van der Waals surface area contributed by atoms with Gasteiger partial charge in [0.05, 0.1) is 5.52 Å². The molecule has 5 nitrogen and oxygen atoms in total. The predicted molar refractivity (Wildman–Crippen MR) is 70.0 cm³/mol. The largest absolute Gasteiger partial charge is 0.323 e. The van der Waals surface area contributed by atoms with Crippen molar-refractivity contribution >= 4 is 17.2 Å². The summed E-state index contributed by atoms with van der Waals surface area (Å²) in [5.74, 6) is 2.29. The predicted octanol–water partition coefficient (Wildman–Crippen LogP) is 2.48. The highest BCUT2D eigenvalue weighted by atomic mass is 15.3. The van der Waals surface area contributed by atoms with Gasteiger partial charge in [-0.1, -0.05) is 6.07 Å². The average Bonchev–Trinajstić information content (AvgIpc) is 2.69. The summed E-state index contributed by atoms with van der Waals surface area (Å²) in [6, 6.07) is 9.82. The van der Waals surface area contributed by atoms with Gasteiger partial charge in [-0.2, -0.15) is 5.10 Å². The molecule has 0 amide bonds. The molecule has 0 aromatic carbocycles. The minimum Gasteiger partial charge on any atom is -0.323 e. The number of hydrogen-bond acceptors (Lipinski definition) is 4. The van der Waals surface area contributed by atoms with Crippen molar-refractivity contribution in [1.29, 1.82) is 0 Å². The van der Waals surface area contributed by atoms with E-state index in [2.05, 4.69) is 20.4 Å². The zero-order valence-electron chi connectivity index (χ0n) is 10.3. The molecule has 0 bridgehead atoms. The molecule has 0 fully saturated rings. The molecule has 0 aliphatic rings. The molecule has 90 valence electrons. The first-order chi connectivity index (χ1) is 8.70. The first kappa shape index (κ1) is 10.7. The lowest BCUT2D eigenvalue weighted by atomic mass is 10.4. The van der Waals surface area contributed by atoms with E-state index in [0.29, 0.717) is 0 Å². The van der Waals surface area contributed by atoms with Gasteiger partial charge >= 0.3 is 0 Å². The van der Waals surface area contributed by atoms with E-state index in [1.165, 1.54) is 0 Å². The fourth-order valence-electron chi connectivity index (χ4n) is 1.91. The van der Waals surface area contributed by atoms with E-state index in [-0.39, 0.29) is 0 Å². The molecule has 0 atom stereocenters. The average molecular weight is 239 g/mol. The third-order valence-electron chi connectivity index (χ3n) is 2.59. The topological polar surface area (TPSA) is 55.1 Å². The van der Waals surface area contributed by atoms with E-state index in [9.17, 15) is 0 Å². The van der Waals surface area contributed by atoms with Gasteiger partial charge in [0.25, 0.3) is 0 Å². The molecule has 0 radical (unpaired) electrons. The molecule has 18 heavy (non-hydrogen) atoms. The first-order valence-corrected chi connectivity index (χ1v) is 5.74. The van der Waals surface area contributed by atoms with Crippen LogP contribution in [0.4, 0.5) is 11.6 Å². The third kappa shape index (κ3) is 2.02. The van der Waals surface area contributed by atoms with Gasteiger partial charge in [0.1, 0.15) is 11.6 Å². The van der Waals surface area contributed by atoms with E-state index in [0.717, 1.165) is 28.7 Å². The zero-order valence-corrected chi connectivity index (χ0v) is 10.3. The number of aromatic nitrogens is 4.